The maximum atomic E-state index is 11.2. The van der Waals surface area contributed by atoms with Crippen molar-refractivity contribution in [2.24, 2.45) is 0 Å². The van der Waals surface area contributed by atoms with E-state index in [1.165, 1.54) is 6.92 Å². The summed E-state index contributed by atoms with van der Waals surface area (Å²) in [7, 11) is -3.67. The van der Waals surface area contributed by atoms with Crippen LogP contribution in [0, 0.1) is 0 Å². The van der Waals surface area contributed by atoms with Crippen LogP contribution in [0.15, 0.2) is 0 Å². The maximum Gasteiger partial charge on any atom is 0.306 e. The topological polar surface area (TPSA) is 116 Å². The van der Waals surface area contributed by atoms with Gasteiger partial charge in [-0.15, -0.1) is 0 Å². The molecule has 8 heteroatoms. The number of carboxylic acids is 1. The number of aliphatic carboxylic acids is 1. The summed E-state index contributed by atoms with van der Waals surface area (Å²) in [5.41, 5.74) is -1.60. The van der Waals surface area contributed by atoms with E-state index < -0.39 is 28.2 Å². The van der Waals surface area contributed by atoms with E-state index in [9.17, 15) is 18.3 Å². The predicted molar refractivity (Wildman–Crippen MR) is 58.1 cm³/mol. The normalized spacial score (nSPS) is 15.7. The highest BCUT2D eigenvalue weighted by molar-refractivity contribution is 7.87. The zero-order valence-corrected chi connectivity index (χ0v) is 10.2. The summed E-state index contributed by atoms with van der Waals surface area (Å²) >= 11 is 0. The lowest BCUT2D eigenvalue weighted by Gasteiger charge is -2.21. The molecule has 0 aromatic rings. The van der Waals surface area contributed by atoms with Gasteiger partial charge in [-0.2, -0.15) is 13.1 Å². The van der Waals surface area contributed by atoms with Crippen LogP contribution in [0.5, 0.6) is 0 Å². The Morgan fingerprint density at radius 3 is 2.38 bits per heavy atom. The third-order valence-electron chi connectivity index (χ3n) is 1.72. The van der Waals surface area contributed by atoms with Gasteiger partial charge in [0, 0.05) is 13.1 Å². The van der Waals surface area contributed by atoms with E-state index in [0.717, 1.165) is 0 Å². The zero-order valence-electron chi connectivity index (χ0n) is 9.36. The lowest BCUT2D eigenvalue weighted by Crippen LogP contribution is -2.46. The zero-order chi connectivity index (χ0) is 12.8. The van der Waals surface area contributed by atoms with E-state index in [0.29, 0.717) is 6.42 Å². The molecule has 0 spiro atoms. The molecular weight excluding hydrogens is 236 g/mol. The quantitative estimate of drug-likeness (QED) is 0.445. The summed E-state index contributed by atoms with van der Waals surface area (Å²) in [6.45, 7) is 3.00. The van der Waals surface area contributed by atoms with Gasteiger partial charge in [0.1, 0.15) is 0 Å². The highest BCUT2D eigenvalue weighted by Crippen LogP contribution is 2.07. The molecule has 7 nitrogen and oxygen atoms in total. The van der Waals surface area contributed by atoms with Gasteiger partial charge in [-0.1, -0.05) is 6.92 Å². The van der Waals surface area contributed by atoms with Gasteiger partial charge in [0.05, 0.1) is 12.0 Å². The fraction of sp³-hybridized carbons (Fsp3) is 0.875. The van der Waals surface area contributed by atoms with Crippen molar-refractivity contribution >= 4 is 16.2 Å². The number of nitrogens with one attached hydrogen (secondary N) is 2. The SMILES string of the molecule is CCCNS(=O)(=O)NCC(C)(O)CC(=O)O. The van der Waals surface area contributed by atoms with Gasteiger partial charge in [-0.3, -0.25) is 4.79 Å². The van der Waals surface area contributed by atoms with Crippen molar-refractivity contribution in [3.63, 3.8) is 0 Å². The van der Waals surface area contributed by atoms with Gasteiger partial charge in [0.25, 0.3) is 10.2 Å². The third kappa shape index (κ3) is 7.57. The Morgan fingerprint density at radius 2 is 1.94 bits per heavy atom. The van der Waals surface area contributed by atoms with E-state index in [4.69, 9.17) is 5.11 Å². The molecule has 0 heterocycles. The van der Waals surface area contributed by atoms with Crippen LogP contribution in [0.1, 0.15) is 26.7 Å². The largest absolute Gasteiger partial charge is 0.481 e. The van der Waals surface area contributed by atoms with Crippen LogP contribution in [0.2, 0.25) is 0 Å². The highest BCUT2D eigenvalue weighted by atomic mass is 32.2. The third-order valence-corrected chi connectivity index (χ3v) is 2.83. The van der Waals surface area contributed by atoms with Crippen molar-refractivity contribution in [1.29, 1.82) is 0 Å². The number of carbonyl (C=O) groups is 1. The number of hydrogen-bond donors (Lipinski definition) is 4. The Kier molecular flexibility index (Phi) is 5.87. The lowest BCUT2D eigenvalue weighted by atomic mass is 10.0. The summed E-state index contributed by atoms with van der Waals surface area (Å²) in [6.07, 6.45) is 0.121. The van der Waals surface area contributed by atoms with Gasteiger partial charge < -0.3 is 10.2 Å². The molecule has 0 aliphatic rings. The second kappa shape index (κ2) is 6.14. The second-order valence-electron chi connectivity index (χ2n) is 3.79. The van der Waals surface area contributed by atoms with Crippen LogP contribution in [-0.4, -0.2) is 43.3 Å². The molecule has 0 rings (SSSR count). The van der Waals surface area contributed by atoms with Crippen LogP contribution < -0.4 is 9.44 Å². The van der Waals surface area contributed by atoms with E-state index in [1.54, 1.807) is 0 Å². The summed E-state index contributed by atoms with van der Waals surface area (Å²) in [5, 5.41) is 18.0. The molecule has 16 heavy (non-hydrogen) atoms. The smallest absolute Gasteiger partial charge is 0.306 e. The molecule has 0 fully saturated rings. The first-order valence-electron chi connectivity index (χ1n) is 4.87. The fourth-order valence-corrected chi connectivity index (χ4v) is 2.00. The Labute approximate surface area is 95.0 Å². The van der Waals surface area contributed by atoms with Crippen LogP contribution in [0.25, 0.3) is 0 Å². The molecular formula is C8H18N2O5S. The van der Waals surface area contributed by atoms with E-state index in [2.05, 4.69) is 9.44 Å². The Bertz CT molecular complexity index is 325. The average molecular weight is 254 g/mol. The molecule has 0 aromatic carbocycles. The standard InChI is InChI=1S/C8H18N2O5S/c1-3-4-9-16(14,15)10-6-8(2,13)5-7(11)12/h9-10,13H,3-6H2,1-2H3,(H,11,12). The minimum atomic E-state index is -3.67. The first kappa shape index (κ1) is 15.3. The lowest BCUT2D eigenvalue weighted by molar-refractivity contribution is -0.141. The molecule has 0 saturated carbocycles. The molecule has 1 atom stereocenters. The molecule has 0 bridgehead atoms. The predicted octanol–water partition coefficient (Wildman–Crippen LogP) is -0.954. The summed E-state index contributed by atoms with van der Waals surface area (Å²) in [4.78, 5) is 10.4. The molecule has 96 valence electrons. The molecule has 1 unspecified atom stereocenters. The number of hydrogen-bond acceptors (Lipinski definition) is 4. The van der Waals surface area contributed by atoms with Gasteiger partial charge in [-0.25, -0.2) is 4.72 Å². The maximum absolute atomic E-state index is 11.2. The van der Waals surface area contributed by atoms with Crippen LogP contribution in [-0.2, 0) is 15.0 Å². The molecule has 0 aliphatic heterocycles. The molecule has 0 radical (unpaired) electrons. The van der Waals surface area contributed by atoms with Crippen molar-refractivity contribution in [3.05, 3.63) is 0 Å². The van der Waals surface area contributed by atoms with Gasteiger partial charge in [-0.05, 0) is 13.3 Å². The van der Waals surface area contributed by atoms with Crippen LogP contribution in [0.3, 0.4) is 0 Å². The minimum absolute atomic E-state index is 0.288. The first-order chi connectivity index (χ1) is 7.18. The summed E-state index contributed by atoms with van der Waals surface area (Å²) in [6, 6.07) is 0. The molecule has 0 amide bonds. The van der Waals surface area contributed by atoms with Gasteiger partial charge in [0.15, 0.2) is 0 Å². The highest BCUT2D eigenvalue weighted by Gasteiger charge is 2.26. The van der Waals surface area contributed by atoms with Crippen molar-refractivity contribution in [2.45, 2.75) is 32.3 Å². The Hall–Kier alpha value is -0.700. The first-order valence-corrected chi connectivity index (χ1v) is 6.35. The van der Waals surface area contributed by atoms with Gasteiger partial charge >= 0.3 is 5.97 Å². The number of rotatable bonds is 8. The average Bonchev–Trinajstić information content (AvgIpc) is 2.10. The van der Waals surface area contributed by atoms with E-state index >= 15 is 0 Å². The van der Waals surface area contributed by atoms with Crippen molar-refractivity contribution in [2.75, 3.05) is 13.1 Å². The molecule has 4 N–H and O–H groups in total. The van der Waals surface area contributed by atoms with Crippen molar-refractivity contribution in [3.8, 4) is 0 Å². The summed E-state index contributed by atoms with van der Waals surface area (Å²) < 4.78 is 26.8. The number of aliphatic hydroxyl groups is 1. The Balaban J connectivity index is 4.17. The monoisotopic (exact) mass is 254 g/mol. The summed E-state index contributed by atoms with van der Waals surface area (Å²) in [5.74, 6) is -1.19. The molecule has 0 aliphatic carbocycles. The second-order valence-corrected chi connectivity index (χ2v) is 5.37. The minimum Gasteiger partial charge on any atom is -0.481 e. The van der Waals surface area contributed by atoms with Crippen molar-refractivity contribution < 1.29 is 23.4 Å². The molecule has 0 aromatic heterocycles. The Morgan fingerprint density at radius 1 is 1.38 bits per heavy atom. The number of carboxylic acid groups (broad SMARTS) is 1. The van der Waals surface area contributed by atoms with Crippen LogP contribution >= 0.6 is 0 Å². The van der Waals surface area contributed by atoms with Crippen LogP contribution in [0.4, 0.5) is 0 Å². The fourth-order valence-electron chi connectivity index (χ4n) is 0.926. The van der Waals surface area contributed by atoms with Gasteiger partial charge in [0.2, 0.25) is 0 Å². The van der Waals surface area contributed by atoms with E-state index in [-0.39, 0.29) is 13.1 Å². The van der Waals surface area contributed by atoms with E-state index in [1.807, 2.05) is 6.92 Å². The molecule has 0 saturated heterocycles. The van der Waals surface area contributed by atoms with Crippen molar-refractivity contribution in [1.82, 2.24) is 9.44 Å².